The Labute approximate surface area is 114 Å². The van der Waals surface area contributed by atoms with E-state index in [0.717, 1.165) is 11.4 Å². The van der Waals surface area contributed by atoms with Gasteiger partial charge in [-0.15, -0.1) is 0 Å². The second-order valence-electron chi connectivity index (χ2n) is 4.49. The van der Waals surface area contributed by atoms with E-state index >= 15 is 0 Å². The monoisotopic (exact) mass is 284 g/mol. The molecule has 6 heteroatoms. The maximum Gasteiger partial charge on any atom is 0.213 e. The van der Waals surface area contributed by atoms with E-state index in [0.29, 0.717) is 26.2 Å². The number of anilines is 1. The minimum absolute atomic E-state index is 0.173. The largest absolute Gasteiger partial charge is 0.497 e. The molecule has 106 valence electrons. The SMILES string of the molecule is CCS(=O)(=O)N1CCN(c2cccc(OC)c2)CC1. The van der Waals surface area contributed by atoms with Crippen LogP contribution in [0, 0.1) is 0 Å². The second-order valence-corrected chi connectivity index (χ2v) is 6.75. The number of sulfonamides is 1. The maximum absolute atomic E-state index is 11.8. The lowest BCUT2D eigenvalue weighted by Crippen LogP contribution is -2.49. The Kier molecular flexibility index (Phi) is 4.31. The van der Waals surface area contributed by atoms with Crippen LogP contribution in [0.1, 0.15) is 6.92 Å². The van der Waals surface area contributed by atoms with Crippen LogP contribution in [0.3, 0.4) is 0 Å². The molecule has 1 aliphatic heterocycles. The summed E-state index contributed by atoms with van der Waals surface area (Å²) in [7, 11) is -1.41. The van der Waals surface area contributed by atoms with Crippen LogP contribution in [0.2, 0.25) is 0 Å². The molecule has 0 bridgehead atoms. The number of ether oxygens (including phenoxy) is 1. The highest BCUT2D eigenvalue weighted by Crippen LogP contribution is 2.22. The van der Waals surface area contributed by atoms with Gasteiger partial charge in [-0.3, -0.25) is 0 Å². The van der Waals surface area contributed by atoms with Crippen molar-refractivity contribution in [2.24, 2.45) is 0 Å². The van der Waals surface area contributed by atoms with Gasteiger partial charge >= 0.3 is 0 Å². The minimum atomic E-state index is -3.06. The molecular weight excluding hydrogens is 264 g/mol. The summed E-state index contributed by atoms with van der Waals surface area (Å²) in [6.07, 6.45) is 0. The Balaban J connectivity index is 2.03. The van der Waals surface area contributed by atoms with Crippen molar-refractivity contribution in [3.05, 3.63) is 24.3 Å². The first kappa shape index (κ1) is 14.1. The Morgan fingerprint density at radius 2 is 1.89 bits per heavy atom. The van der Waals surface area contributed by atoms with Crippen molar-refractivity contribution in [3.8, 4) is 5.75 Å². The Morgan fingerprint density at radius 3 is 2.47 bits per heavy atom. The van der Waals surface area contributed by atoms with Gasteiger partial charge < -0.3 is 9.64 Å². The fourth-order valence-corrected chi connectivity index (χ4v) is 3.30. The van der Waals surface area contributed by atoms with Gasteiger partial charge in [-0.2, -0.15) is 4.31 Å². The van der Waals surface area contributed by atoms with Crippen LogP contribution in [0.25, 0.3) is 0 Å². The standard InChI is InChI=1S/C13H20N2O3S/c1-3-19(16,17)15-9-7-14(8-10-15)12-5-4-6-13(11-12)18-2/h4-6,11H,3,7-10H2,1-2H3. The average molecular weight is 284 g/mol. The molecule has 19 heavy (non-hydrogen) atoms. The molecule has 0 aliphatic carbocycles. The van der Waals surface area contributed by atoms with Crippen molar-refractivity contribution in [2.45, 2.75) is 6.92 Å². The van der Waals surface area contributed by atoms with Gasteiger partial charge in [0, 0.05) is 37.9 Å². The maximum atomic E-state index is 11.8. The third-order valence-corrected chi connectivity index (χ3v) is 5.30. The van der Waals surface area contributed by atoms with Crippen LogP contribution >= 0.6 is 0 Å². The molecule has 1 aliphatic rings. The first-order valence-corrected chi connectivity index (χ1v) is 8.04. The van der Waals surface area contributed by atoms with E-state index in [9.17, 15) is 8.42 Å². The van der Waals surface area contributed by atoms with Crippen LogP contribution in [-0.4, -0.2) is 51.8 Å². The number of rotatable bonds is 4. The molecule has 1 fully saturated rings. The summed E-state index contributed by atoms with van der Waals surface area (Å²) in [5, 5.41) is 0. The number of nitrogens with zero attached hydrogens (tertiary/aromatic N) is 2. The first-order valence-electron chi connectivity index (χ1n) is 6.43. The lowest BCUT2D eigenvalue weighted by molar-refractivity contribution is 0.384. The predicted octanol–water partition coefficient (Wildman–Crippen LogP) is 1.17. The number of methoxy groups -OCH3 is 1. The summed E-state index contributed by atoms with van der Waals surface area (Å²) in [5.41, 5.74) is 1.08. The van der Waals surface area contributed by atoms with Gasteiger partial charge in [0.25, 0.3) is 0 Å². The Morgan fingerprint density at radius 1 is 1.21 bits per heavy atom. The van der Waals surface area contributed by atoms with Gasteiger partial charge in [-0.1, -0.05) is 6.07 Å². The third-order valence-electron chi connectivity index (χ3n) is 3.42. The summed E-state index contributed by atoms with van der Waals surface area (Å²) in [4.78, 5) is 2.18. The molecule has 1 aromatic carbocycles. The summed E-state index contributed by atoms with van der Waals surface area (Å²) < 4.78 is 30.3. The van der Waals surface area contributed by atoms with Gasteiger partial charge in [-0.25, -0.2) is 8.42 Å². The smallest absolute Gasteiger partial charge is 0.213 e. The topological polar surface area (TPSA) is 49.9 Å². The highest BCUT2D eigenvalue weighted by atomic mass is 32.2. The van der Waals surface area contributed by atoms with Crippen molar-refractivity contribution in [2.75, 3.05) is 43.9 Å². The van der Waals surface area contributed by atoms with Crippen molar-refractivity contribution in [3.63, 3.8) is 0 Å². The number of hydrogen-bond donors (Lipinski definition) is 0. The molecule has 1 aromatic rings. The van der Waals surface area contributed by atoms with E-state index in [4.69, 9.17) is 4.74 Å². The van der Waals surface area contributed by atoms with Crippen LogP contribution in [0.5, 0.6) is 5.75 Å². The zero-order valence-electron chi connectivity index (χ0n) is 11.4. The molecule has 0 radical (unpaired) electrons. The molecule has 0 saturated carbocycles. The summed E-state index contributed by atoms with van der Waals surface area (Å²) in [5.74, 6) is 0.993. The van der Waals surface area contributed by atoms with Gasteiger partial charge in [0.1, 0.15) is 5.75 Å². The van der Waals surface area contributed by atoms with Crippen molar-refractivity contribution in [1.29, 1.82) is 0 Å². The molecule has 0 unspecified atom stereocenters. The van der Waals surface area contributed by atoms with Crippen molar-refractivity contribution >= 4 is 15.7 Å². The molecule has 1 saturated heterocycles. The molecule has 0 amide bonds. The zero-order valence-corrected chi connectivity index (χ0v) is 12.2. The number of hydrogen-bond acceptors (Lipinski definition) is 4. The zero-order chi connectivity index (χ0) is 13.9. The highest BCUT2D eigenvalue weighted by molar-refractivity contribution is 7.89. The van der Waals surface area contributed by atoms with E-state index < -0.39 is 10.0 Å². The minimum Gasteiger partial charge on any atom is -0.497 e. The summed E-state index contributed by atoms with van der Waals surface area (Å²) in [6, 6.07) is 7.85. The molecule has 2 rings (SSSR count). The fraction of sp³-hybridized carbons (Fsp3) is 0.538. The van der Waals surface area contributed by atoms with E-state index in [1.807, 2.05) is 24.3 Å². The van der Waals surface area contributed by atoms with E-state index in [-0.39, 0.29) is 5.75 Å². The second kappa shape index (κ2) is 5.79. The number of benzene rings is 1. The molecule has 0 atom stereocenters. The average Bonchev–Trinajstić information content (AvgIpc) is 2.47. The lowest BCUT2D eigenvalue weighted by Gasteiger charge is -2.35. The van der Waals surface area contributed by atoms with Gasteiger partial charge in [0.15, 0.2) is 0 Å². The van der Waals surface area contributed by atoms with Crippen LogP contribution in [-0.2, 0) is 10.0 Å². The summed E-state index contributed by atoms with van der Waals surface area (Å²) in [6.45, 7) is 4.21. The quantitative estimate of drug-likeness (QED) is 0.833. The number of piperazine rings is 1. The van der Waals surface area contributed by atoms with E-state index in [1.165, 1.54) is 0 Å². The predicted molar refractivity (Wildman–Crippen MR) is 76.2 cm³/mol. The van der Waals surface area contributed by atoms with E-state index in [1.54, 1.807) is 18.3 Å². The van der Waals surface area contributed by atoms with Gasteiger partial charge in [-0.05, 0) is 19.1 Å². The van der Waals surface area contributed by atoms with Crippen molar-refractivity contribution < 1.29 is 13.2 Å². The van der Waals surface area contributed by atoms with Crippen molar-refractivity contribution in [1.82, 2.24) is 4.31 Å². The fourth-order valence-electron chi connectivity index (χ4n) is 2.21. The normalized spacial score (nSPS) is 17.5. The molecule has 0 aromatic heterocycles. The molecule has 0 spiro atoms. The third kappa shape index (κ3) is 3.19. The highest BCUT2D eigenvalue weighted by Gasteiger charge is 2.25. The first-order chi connectivity index (χ1) is 9.06. The van der Waals surface area contributed by atoms with Gasteiger partial charge in [0.05, 0.1) is 12.9 Å². The Bertz CT molecular complexity index is 522. The van der Waals surface area contributed by atoms with Crippen LogP contribution in [0.4, 0.5) is 5.69 Å². The molecular formula is C13H20N2O3S. The summed E-state index contributed by atoms with van der Waals surface area (Å²) >= 11 is 0. The van der Waals surface area contributed by atoms with Gasteiger partial charge in [0.2, 0.25) is 10.0 Å². The molecule has 0 N–H and O–H groups in total. The van der Waals surface area contributed by atoms with Crippen LogP contribution in [0.15, 0.2) is 24.3 Å². The lowest BCUT2D eigenvalue weighted by atomic mass is 10.2. The Hall–Kier alpha value is -1.27. The van der Waals surface area contributed by atoms with Crippen LogP contribution < -0.4 is 9.64 Å². The molecule has 5 nitrogen and oxygen atoms in total. The molecule has 1 heterocycles. The van der Waals surface area contributed by atoms with E-state index in [2.05, 4.69) is 4.90 Å².